The van der Waals surface area contributed by atoms with Gasteiger partial charge in [-0.05, 0) is 17.9 Å². The van der Waals surface area contributed by atoms with E-state index in [9.17, 15) is 13.2 Å². The maximum Gasteiger partial charge on any atom is 0.310 e. The number of aryl methyl sites for hydroxylation is 1. The zero-order chi connectivity index (χ0) is 15.5. The summed E-state index contributed by atoms with van der Waals surface area (Å²) in [6.07, 6.45) is 0.483. The first-order chi connectivity index (χ1) is 9.94. The highest BCUT2D eigenvalue weighted by Crippen LogP contribution is 2.26. The minimum atomic E-state index is -3.34. The summed E-state index contributed by atoms with van der Waals surface area (Å²) in [5, 5.41) is 0. The summed E-state index contributed by atoms with van der Waals surface area (Å²) in [5.74, 6) is -0.633. The molecule has 0 N–H and O–H groups in total. The third kappa shape index (κ3) is 3.83. The number of ether oxygens (including phenoxy) is 1. The zero-order valence-electron chi connectivity index (χ0n) is 12.4. The van der Waals surface area contributed by atoms with E-state index in [1.165, 1.54) is 11.4 Å². The van der Waals surface area contributed by atoms with Gasteiger partial charge < -0.3 is 4.74 Å². The van der Waals surface area contributed by atoms with E-state index < -0.39 is 10.0 Å². The molecule has 1 saturated heterocycles. The molecule has 1 fully saturated rings. The van der Waals surface area contributed by atoms with Crippen LogP contribution in [0.3, 0.4) is 0 Å². The van der Waals surface area contributed by atoms with Gasteiger partial charge in [-0.25, -0.2) is 12.7 Å². The lowest BCUT2D eigenvalue weighted by Crippen LogP contribution is -2.32. The minimum absolute atomic E-state index is 0.0102. The van der Waals surface area contributed by atoms with Crippen molar-refractivity contribution in [3.8, 4) is 0 Å². The van der Waals surface area contributed by atoms with Gasteiger partial charge in [0.2, 0.25) is 10.0 Å². The van der Waals surface area contributed by atoms with E-state index in [4.69, 9.17) is 4.74 Å². The van der Waals surface area contributed by atoms with Crippen LogP contribution in [-0.2, 0) is 26.0 Å². The van der Waals surface area contributed by atoms with Gasteiger partial charge in [0.05, 0.1) is 18.8 Å². The van der Waals surface area contributed by atoms with Gasteiger partial charge in [0.1, 0.15) is 0 Å². The molecular weight excluding hydrogens is 290 g/mol. The summed E-state index contributed by atoms with van der Waals surface area (Å²) >= 11 is 0. The van der Waals surface area contributed by atoms with Crippen LogP contribution in [0.15, 0.2) is 30.3 Å². The molecule has 1 heterocycles. The number of esters is 1. The van der Waals surface area contributed by atoms with Crippen molar-refractivity contribution >= 4 is 16.0 Å². The smallest absolute Gasteiger partial charge is 0.310 e. The van der Waals surface area contributed by atoms with Crippen molar-refractivity contribution in [2.24, 2.45) is 11.8 Å². The summed E-state index contributed by atoms with van der Waals surface area (Å²) in [4.78, 5) is 11.6. The molecular formula is C15H21NO4S. The van der Waals surface area contributed by atoms with E-state index in [1.807, 2.05) is 37.3 Å². The molecule has 5 nitrogen and oxygen atoms in total. The summed E-state index contributed by atoms with van der Waals surface area (Å²) in [5.41, 5.74) is 0.998. The molecule has 2 atom stereocenters. The fraction of sp³-hybridized carbons (Fsp3) is 0.533. The first kappa shape index (κ1) is 16.0. The van der Waals surface area contributed by atoms with Crippen molar-refractivity contribution in [3.05, 3.63) is 35.9 Å². The molecule has 0 aliphatic carbocycles. The quantitative estimate of drug-likeness (QED) is 0.769. The number of benzene rings is 1. The van der Waals surface area contributed by atoms with Gasteiger partial charge >= 0.3 is 5.97 Å². The maximum atomic E-state index is 12.4. The van der Waals surface area contributed by atoms with Crippen LogP contribution in [0.25, 0.3) is 0 Å². The molecule has 6 heteroatoms. The van der Waals surface area contributed by atoms with E-state index in [2.05, 4.69) is 0 Å². The number of carbonyl (C=O) groups excluding carboxylic acids is 1. The third-order valence-corrected chi connectivity index (χ3v) is 5.77. The Balaban J connectivity index is 1.99. The van der Waals surface area contributed by atoms with Gasteiger partial charge in [-0.15, -0.1) is 0 Å². The van der Waals surface area contributed by atoms with Gasteiger partial charge in [-0.3, -0.25) is 4.79 Å². The van der Waals surface area contributed by atoms with E-state index in [0.29, 0.717) is 13.0 Å². The molecule has 1 aromatic carbocycles. The number of nitrogens with zero attached hydrogens (tertiary/aromatic N) is 1. The second-order valence-corrected chi connectivity index (χ2v) is 7.56. The fourth-order valence-corrected chi connectivity index (χ4v) is 4.23. The number of sulfonamides is 1. The van der Waals surface area contributed by atoms with Crippen molar-refractivity contribution in [1.29, 1.82) is 0 Å². The van der Waals surface area contributed by atoms with Gasteiger partial charge in [0.15, 0.2) is 0 Å². The molecule has 0 amide bonds. The topological polar surface area (TPSA) is 63.7 Å². The van der Waals surface area contributed by atoms with E-state index in [-0.39, 0.29) is 30.1 Å². The largest absolute Gasteiger partial charge is 0.469 e. The summed E-state index contributed by atoms with van der Waals surface area (Å²) in [6, 6.07) is 9.53. The van der Waals surface area contributed by atoms with Crippen LogP contribution in [0.4, 0.5) is 0 Å². The lowest BCUT2D eigenvalue weighted by molar-refractivity contribution is -0.145. The minimum Gasteiger partial charge on any atom is -0.469 e. The first-order valence-corrected chi connectivity index (χ1v) is 8.64. The molecule has 0 aromatic heterocycles. The number of hydrogen-bond acceptors (Lipinski definition) is 4. The molecule has 1 aliphatic heterocycles. The molecule has 2 rings (SSSR count). The van der Waals surface area contributed by atoms with Crippen LogP contribution in [0, 0.1) is 11.8 Å². The van der Waals surface area contributed by atoms with Gasteiger partial charge in [0, 0.05) is 13.1 Å². The van der Waals surface area contributed by atoms with Gasteiger partial charge in [-0.2, -0.15) is 0 Å². The number of methoxy groups -OCH3 is 1. The monoisotopic (exact) mass is 311 g/mol. The molecule has 0 spiro atoms. The van der Waals surface area contributed by atoms with Crippen LogP contribution < -0.4 is 0 Å². The van der Waals surface area contributed by atoms with E-state index >= 15 is 0 Å². The lowest BCUT2D eigenvalue weighted by atomic mass is 9.99. The molecule has 1 aromatic rings. The molecule has 21 heavy (non-hydrogen) atoms. The van der Waals surface area contributed by atoms with Gasteiger partial charge in [0.25, 0.3) is 0 Å². The summed E-state index contributed by atoms with van der Waals surface area (Å²) in [7, 11) is -2.01. The Hall–Kier alpha value is -1.40. The van der Waals surface area contributed by atoms with E-state index in [0.717, 1.165) is 5.56 Å². The second kappa shape index (κ2) is 6.58. The van der Waals surface area contributed by atoms with Gasteiger partial charge in [-0.1, -0.05) is 37.3 Å². The van der Waals surface area contributed by atoms with Crippen molar-refractivity contribution in [3.63, 3.8) is 0 Å². The van der Waals surface area contributed by atoms with Crippen LogP contribution in [0.5, 0.6) is 0 Å². The number of carbonyl (C=O) groups is 1. The van der Waals surface area contributed by atoms with Crippen LogP contribution in [0.1, 0.15) is 12.5 Å². The number of rotatable bonds is 5. The molecule has 2 unspecified atom stereocenters. The predicted molar refractivity (Wildman–Crippen MR) is 80.2 cm³/mol. The highest BCUT2D eigenvalue weighted by molar-refractivity contribution is 7.89. The normalized spacial score (nSPS) is 23.1. The standard InChI is InChI=1S/C15H21NO4S/c1-12-10-16(11-14(12)15(17)20-2)21(18,19)9-8-13-6-4-3-5-7-13/h3-7,12,14H,8-11H2,1-2H3. The third-order valence-electron chi connectivity index (χ3n) is 3.97. The highest BCUT2D eigenvalue weighted by atomic mass is 32.2. The second-order valence-electron chi connectivity index (χ2n) is 5.48. The Bertz CT molecular complexity index is 585. The molecule has 0 bridgehead atoms. The Morgan fingerprint density at radius 2 is 1.95 bits per heavy atom. The lowest BCUT2D eigenvalue weighted by Gasteiger charge is -2.16. The molecule has 0 saturated carbocycles. The Morgan fingerprint density at radius 1 is 1.29 bits per heavy atom. The number of hydrogen-bond donors (Lipinski definition) is 0. The van der Waals surface area contributed by atoms with Crippen LogP contribution in [0.2, 0.25) is 0 Å². The van der Waals surface area contributed by atoms with Crippen molar-refractivity contribution in [1.82, 2.24) is 4.31 Å². The van der Waals surface area contributed by atoms with Crippen LogP contribution >= 0.6 is 0 Å². The molecule has 0 radical (unpaired) electrons. The maximum absolute atomic E-state index is 12.4. The zero-order valence-corrected chi connectivity index (χ0v) is 13.2. The predicted octanol–water partition coefficient (Wildman–Crippen LogP) is 1.30. The molecule has 116 valence electrons. The Kier molecular flexibility index (Phi) is 5.00. The van der Waals surface area contributed by atoms with E-state index in [1.54, 1.807) is 0 Å². The van der Waals surface area contributed by atoms with Crippen molar-refractivity contribution < 1.29 is 17.9 Å². The highest BCUT2D eigenvalue weighted by Gasteiger charge is 2.40. The average Bonchev–Trinajstić information content (AvgIpc) is 2.88. The first-order valence-electron chi connectivity index (χ1n) is 7.03. The molecule has 1 aliphatic rings. The summed E-state index contributed by atoms with van der Waals surface area (Å²) < 4.78 is 30.9. The fourth-order valence-electron chi connectivity index (χ4n) is 2.63. The van der Waals surface area contributed by atoms with Crippen molar-refractivity contribution in [2.75, 3.05) is 26.0 Å². The Labute approximate surface area is 126 Å². The summed E-state index contributed by atoms with van der Waals surface area (Å²) in [6.45, 7) is 2.50. The average molecular weight is 311 g/mol. The van der Waals surface area contributed by atoms with Crippen molar-refractivity contribution in [2.45, 2.75) is 13.3 Å². The SMILES string of the molecule is COC(=O)C1CN(S(=O)(=O)CCc2ccccc2)CC1C. The Morgan fingerprint density at radius 3 is 2.57 bits per heavy atom. The van der Waals surface area contributed by atoms with Crippen LogP contribution in [-0.4, -0.2) is 44.6 Å².